The van der Waals surface area contributed by atoms with Crippen molar-refractivity contribution in [2.24, 2.45) is 5.73 Å². The number of pyridine rings is 1. The van der Waals surface area contributed by atoms with Crippen LogP contribution < -0.4 is 5.73 Å². The van der Waals surface area contributed by atoms with Crippen LogP contribution in [-0.2, 0) is 0 Å². The van der Waals surface area contributed by atoms with Crippen molar-refractivity contribution in [1.29, 1.82) is 5.41 Å². The third kappa shape index (κ3) is 3.29. The van der Waals surface area contributed by atoms with Crippen LogP contribution in [-0.4, -0.2) is 15.7 Å². The van der Waals surface area contributed by atoms with Crippen LogP contribution in [0.25, 0.3) is 0 Å². The highest BCUT2D eigenvalue weighted by molar-refractivity contribution is 7.99. The molecule has 1 aromatic carbocycles. The summed E-state index contributed by atoms with van der Waals surface area (Å²) in [6.45, 7) is 0. The molecule has 7 heteroatoms. The molecule has 0 spiro atoms. The van der Waals surface area contributed by atoms with Crippen molar-refractivity contribution in [2.45, 2.75) is 9.79 Å². The summed E-state index contributed by atoms with van der Waals surface area (Å²) in [5, 5.41) is 17.9. The van der Waals surface area contributed by atoms with E-state index < -0.39 is 4.92 Å². The van der Waals surface area contributed by atoms with Crippen molar-refractivity contribution in [3.63, 3.8) is 0 Å². The maximum absolute atomic E-state index is 10.5. The molecular formula is C12H10N4O2S. The maximum Gasteiger partial charge on any atom is 0.269 e. The van der Waals surface area contributed by atoms with E-state index in [1.165, 1.54) is 23.9 Å². The van der Waals surface area contributed by atoms with E-state index in [9.17, 15) is 10.1 Å². The first-order valence-electron chi connectivity index (χ1n) is 5.29. The lowest BCUT2D eigenvalue weighted by molar-refractivity contribution is -0.384. The summed E-state index contributed by atoms with van der Waals surface area (Å²) in [6.07, 6.45) is 1.57. The summed E-state index contributed by atoms with van der Waals surface area (Å²) in [5.41, 5.74) is 5.83. The molecule has 0 atom stereocenters. The SMILES string of the molecule is N=C(N)c1cc(Sc2ccc([N+](=O)[O-])cc2)ccn1. The molecule has 6 nitrogen and oxygen atoms in total. The number of amidine groups is 1. The lowest BCUT2D eigenvalue weighted by Gasteiger charge is -2.03. The van der Waals surface area contributed by atoms with Crippen molar-refractivity contribution in [3.8, 4) is 0 Å². The number of aromatic nitrogens is 1. The molecule has 0 aliphatic carbocycles. The normalized spacial score (nSPS) is 10.1. The van der Waals surface area contributed by atoms with Crippen LogP contribution in [0.3, 0.4) is 0 Å². The predicted molar refractivity (Wildman–Crippen MR) is 72.5 cm³/mol. The average molecular weight is 274 g/mol. The second kappa shape index (κ2) is 5.49. The van der Waals surface area contributed by atoms with E-state index in [2.05, 4.69) is 4.98 Å². The minimum absolute atomic E-state index is 0.0588. The Balaban J connectivity index is 2.19. The zero-order valence-corrected chi connectivity index (χ0v) is 10.6. The van der Waals surface area contributed by atoms with Crippen molar-refractivity contribution in [3.05, 3.63) is 58.4 Å². The zero-order valence-electron chi connectivity index (χ0n) is 9.74. The fraction of sp³-hybridized carbons (Fsp3) is 0. The Labute approximate surface area is 113 Å². The topological polar surface area (TPSA) is 106 Å². The Morgan fingerprint density at radius 3 is 2.53 bits per heavy atom. The fourth-order valence-corrected chi connectivity index (χ4v) is 2.24. The summed E-state index contributed by atoms with van der Waals surface area (Å²) >= 11 is 1.42. The number of rotatable bonds is 4. The number of nitro benzene ring substituents is 1. The van der Waals surface area contributed by atoms with Gasteiger partial charge in [0.25, 0.3) is 5.69 Å². The minimum Gasteiger partial charge on any atom is -0.382 e. The Morgan fingerprint density at radius 1 is 1.26 bits per heavy atom. The first-order valence-corrected chi connectivity index (χ1v) is 6.10. The molecular weight excluding hydrogens is 264 g/mol. The molecule has 0 radical (unpaired) electrons. The highest BCUT2D eigenvalue weighted by Gasteiger charge is 2.06. The van der Waals surface area contributed by atoms with Crippen LogP contribution in [0.4, 0.5) is 5.69 Å². The second-order valence-corrected chi connectivity index (χ2v) is 4.79. The van der Waals surface area contributed by atoms with E-state index in [4.69, 9.17) is 11.1 Å². The van der Waals surface area contributed by atoms with E-state index in [1.54, 1.807) is 30.5 Å². The van der Waals surface area contributed by atoms with Crippen LogP contribution in [0.2, 0.25) is 0 Å². The van der Waals surface area contributed by atoms with E-state index >= 15 is 0 Å². The molecule has 0 saturated heterocycles. The van der Waals surface area contributed by atoms with Gasteiger partial charge in [-0.3, -0.25) is 20.5 Å². The molecule has 0 saturated carbocycles. The van der Waals surface area contributed by atoms with Crippen LogP contribution in [0.15, 0.2) is 52.4 Å². The minimum atomic E-state index is -0.436. The largest absolute Gasteiger partial charge is 0.382 e. The summed E-state index contributed by atoms with van der Waals surface area (Å²) < 4.78 is 0. The third-order valence-electron chi connectivity index (χ3n) is 2.29. The average Bonchev–Trinajstić information content (AvgIpc) is 2.39. The molecule has 2 aromatic rings. The van der Waals surface area contributed by atoms with Gasteiger partial charge in [-0.05, 0) is 24.3 Å². The number of nitrogens with two attached hydrogens (primary N) is 1. The van der Waals surface area contributed by atoms with Gasteiger partial charge in [-0.2, -0.15) is 0 Å². The molecule has 1 heterocycles. The Bertz CT molecular complexity index is 628. The van der Waals surface area contributed by atoms with Gasteiger partial charge >= 0.3 is 0 Å². The van der Waals surface area contributed by atoms with Gasteiger partial charge in [0, 0.05) is 28.1 Å². The van der Waals surface area contributed by atoms with Crippen LogP contribution in [0.1, 0.15) is 5.69 Å². The van der Waals surface area contributed by atoms with Gasteiger partial charge in [0.2, 0.25) is 0 Å². The van der Waals surface area contributed by atoms with Gasteiger partial charge in [-0.15, -0.1) is 0 Å². The maximum atomic E-state index is 10.5. The van der Waals surface area contributed by atoms with Crippen LogP contribution in [0.5, 0.6) is 0 Å². The lowest BCUT2D eigenvalue weighted by atomic mass is 10.3. The number of nitrogens with zero attached hydrogens (tertiary/aromatic N) is 2. The van der Waals surface area contributed by atoms with Gasteiger partial charge in [-0.25, -0.2) is 0 Å². The molecule has 0 aliphatic rings. The van der Waals surface area contributed by atoms with Crippen molar-refractivity contribution < 1.29 is 4.92 Å². The quantitative estimate of drug-likeness (QED) is 0.385. The van der Waals surface area contributed by atoms with E-state index in [-0.39, 0.29) is 11.5 Å². The van der Waals surface area contributed by atoms with Crippen LogP contribution >= 0.6 is 11.8 Å². The van der Waals surface area contributed by atoms with Gasteiger partial charge in [0.1, 0.15) is 11.5 Å². The van der Waals surface area contributed by atoms with Crippen molar-refractivity contribution >= 4 is 23.3 Å². The van der Waals surface area contributed by atoms with Gasteiger partial charge in [0.05, 0.1) is 4.92 Å². The predicted octanol–water partition coefficient (Wildman–Crippen LogP) is 2.43. The number of hydrogen-bond acceptors (Lipinski definition) is 5. The Morgan fingerprint density at radius 2 is 1.95 bits per heavy atom. The highest BCUT2D eigenvalue weighted by atomic mass is 32.2. The number of non-ortho nitro benzene ring substituents is 1. The summed E-state index contributed by atoms with van der Waals surface area (Å²) in [4.78, 5) is 15.8. The third-order valence-corrected chi connectivity index (χ3v) is 3.29. The number of hydrogen-bond donors (Lipinski definition) is 2. The first kappa shape index (κ1) is 13.0. The number of nitrogens with one attached hydrogen (secondary N) is 1. The van der Waals surface area contributed by atoms with Crippen LogP contribution in [0, 0.1) is 15.5 Å². The number of nitro groups is 1. The monoisotopic (exact) mass is 274 g/mol. The first-order chi connectivity index (χ1) is 9.06. The molecule has 0 amide bonds. The molecule has 0 fully saturated rings. The summed E-state index contributed by atoms with van der Waals surface area (Å²) in [6, 6.07) is 9.76. The van der Waals surface area contributed by atoms with Gasteiger partial charge in [0.15, 0.2) is 0 Å². The molecule has 96 valence electrons. The molecule has 1 aromatic heterocycles. The number of nitrogen functional groups attached to an aromatic ring is 1. The number of benzene rings is 1. The highest BCUT2D eigenvalue weighted by Crippen LogP contribution is 2.28. The van der Waals surface area contributed by atoms with E-state index in [0.29, 0.717) is 5.69 Å². The standard InChI is InChI=1S/C12H10N4O2S/c13-12(14)11-7-10(5-6-15-11)19-9-3-1-8(2-4-9)16(17)18/h1-7H,(H3,13,14). The molecule has 0 aliphatic heterocycles. The zero-order chi connectivity index (χ0) is 13.8. The molecule has 19 heavy (non-hydrogen) atoms. The molecule has 0 bridgehead atoms. The smallest absolute Gasteiger partial charge is 0.269 e. The fourth-order valence-electron chi connectivity index (χ4n) is 1.39. The summed E-state index contributed by atoms with van der Waals surface area (Å²) in [7, 11) is 0. The van der Waals surface area contributed by atoms with Gasteiger partial charge in [-0.1, -0.05) is 11.8 Å². The molecule has 2 rings (SSSR count). The van der Waals surface area contributed by atoms with Gasteiger partial charge < -0.3 is 5.73 Å². The van der Waals surface area contributed by atoms with Crippen molar-refractivity contribution in [1.82, 2.24) is 4.98 Å². The molecule has 0 unspecified atom stereocenters. The molecule has 3 N–H and O–H groups in total. The second-order valence-electron chi connectivity index (χ2n) is 3.64. The van der Waals surface area contributed by atoms with Crippen molar-refractivity contribution in [2.75, 3.05) is 0 Å². The Hall–Kier alpha value is -2.41. The lowest BCUT2D eigenvalue weighted by Crippen LogP contribution is -2.12. The van der Waals surface area contributed by atoms with E-state index in [1.807, 2.05) is 0 Å². The van der Waals surface area contributed by atoms with E-state index in [0.717, 1.165) is 9.79 Å². The summed E-state index contributed by atoms with van der Waals surface area (Å²) in [5.74, 6) is -0.0915. The Kier molecular flexibility index (Phi) is 3.76.